The molecular formula is C22H24F2N4O3S. The van der Waals surface area contributed by atoms with Gasteiger partial charge in [0.1, 0.15) is 5.69 Å². The van der Waals surface area contributed by atoms with E-state index in [0.29, 0.717) is 23.5 Å². The molecule has 0 spiro atoms. The van der Waals surface area contributed by atoms with Gasteiger partial charge in [-0.2, -0.15) is 0 Å². The van der Waals surface area contributed by atoms with E-state index in [2.05, 4.69) is 15.3 Å². The molecule has 0 saturated heterocycles. The molecule has 3 rings (SSSR count). The zero-order valence-corrected chi connectivity index (χ0v) is 18.8. The zero-order chi connectivity index (χ0) is 23.3. The molecule has 32 heavy (non-hydrogen) atoms. The Morgan fingerprint density at radius 1 is 1.25 bits per heavy atom. The van der Waals surface area contributed by atoms with Crippen LogP contribution in [0.15, 0.2) is 52.8 Å². The number of esters is 1. The Bertz CT molecular complexity index is 1020. The molecule has 1 atom stereocenters. The highest BCUT2D eigenvalue weighted by atomic mass is 32.2. The largest absolute Gasteiger partial charge is 0.463 e. The van der Waals surface area contributed by atoms with Crippen molar-refractivity contribution in [2.75, 3.05) is 18.9 Å². The number of nitrogens with one attached hydrogen (secondary N) is 1. The van der Waals surface area contributed by atoms with Crippen molar-refractivity contribution in [1.82, 2.24) is 20.2 Å². The Balaban J connectivity index is 2.05. The summed E-state index contributed by atoms with van der Waals surface area (Å²) in [6, 6.07) is 9.28. The van der Waals surface area contributed by atoms with Gasteiger partial charge in [-0.15, -0.1) is 0 Å². The summed E-state index contributed by atoms with van der Waals surface area (Å²) in [7, 11) is 0. The van der Waals surface area contributed by atoms with Gasteiger partial charge in [0.2, 0.25) is 0 Å². The normalized spacial score (nSPS) is 16.4. The van der Waals surface area contributed by atoms with E-state index in [1.165, 1.54) is 11.0 Å². The maximum absolute atomic E-state index is 13.2. The predicted molar refractivity (Wildman–Crippen MR) is 116 cm³/mol. The number of carbonyl (C=O) groups is 2. The summed E-state index contributed by atoms with van der Waals surface area (Å²) in [5.41, 5.74) is 1.52. The molecule has 0 saturated carbocycles. The first kappa shape index (κ1) is 23.6. The fourth-order valence-corrected chi connectivity index (χ4v) is 4.37. The number of aromatic nitrogens is 2. The standard InChI is InChI=1S/C22H24F2N4O3S/c1-4-28-16(12-32-21-25-13(3)11-15(26-21)19(23)24)17(20(29)31-5-2)18(27-22(28)30)14-9-7-6-8-10-14/h6-11,18-19H,4-5,12H2,1-3H3,(H,27,30)/t18-/m1/s1. The van der Waals surface area contributed by atoms with Crippen LogP contribution in [-0.2, 0) is 9.53 Å². The molecule has 0 bridgehead atoms. The number of benzene rings is 1. The number of urea groups is 1. The summed E-state index contributed by atoms with van der Waals surface area (Å²) < 4.78 is 31.6. The van der Waals surface area contributed by atoms with Gasteiger partial charge < -0.3 is 10.1 Å². The number of hydrogen-bond acceptors (Lipinski definition) is 6. The van der Waals surface area contributed by atoms with E-state index >= 15 is 0 Å². The summed E-state index contributed by atoms with van der Waals surface area (Å²) in [5.74, 6) is -0.418. The quantitative estimate of drug-likeness (QED) is 0.355. The van der Waals surface area contributed by atoms with Gasteiger partial charge in [0.05, 0.1) is 18.2 Å². The Hall–Kier alpha value is -3.01. The fraction of sp³-hybridized carbons (Fsp3) is 0.364. The SMILES string of the molecule is CCOC(=O)C1=C(CSc2nc(C)cc(C(F)F)n2)N(CC)C(=O)N[C@@H]1c1ccccc1. The Labute approximate surface area is 189 Å². The van der Waals surface area contributed by atoms with E-state index in [0.717, 1.165) is 17.3 Å². The molecule has 2 aromatic rings. The number of hydrogen-bond donors (Lipinski definition) is 1. The van der Waals surface area contributed by atoms with Crippen LogP contribution in [0.1, 0.15) is 43.3 Å². The minimum absolute atomic E-state index is 0.130. The number of nitrogens with zero attached hydrogens (tertiary/aromatic N) is 3. The first-order valence-corrected chi connectivity index (χ1v) is 11.1. The minimum Gasteiger partial charge on any atom is -0.463 e. The highest BCUT2D eigenvalue weighted by molar-refractivity contribution is 7.99. The van der Waals surface area contributed by atoms with Gasteiger partial charge in [0.25, 0.3) is 6.43 Å². The highest BCUT2D eigenvalue weighted by Gasteiger charge is 2.37. The van der Waals surface area contributed by atoms with Crippen LogP contribution in [0.2, 0.25) is 0 Å². The second kappa shape index (κ2) is 10.5. The summed E-state index contributed by atoms with van der Waals surface area (Å²) in [5, 5.41) is 3.02. The van der Waals surface area contributed by atoms with Crippen LogP contribution >= 0.6 is 11.8 Å². The molecule has 1 N–H and O–H groups in total. The predicted octanol–water partition coefficient (Wildman–Crippen LogP) is 4.42. The van der Waals surface area contributed by atoms with Crippen molar-refractivity contribution in [3.63, 3.8) is 0 Å². The molecule has 0 aliphatic carbocycles. The molecule has 7 nitrogen and oxygen atoms in total. The van der Waals surface area contributed by atoms with Crippen molar-refractivity contribution in [1.29, 1.82) is 0 Å². The van der Waals surface area contributed by atoms with Crippen molar-refractivity contribution in [2.45, 2.75) is 38.4 Å². The molecule has 1 aliphatic rings. The number of aryl methyl sites for hydroxylation is 1. The van der Waals surface area contributed by atoms with Crippen molar-refractivity contribution in [3.05, 3.63) is 64.6 Å². The second-order valence-corrected chi connectivity index (χ2v) is 7.87. The van der Waals surface area contributed by atoms with E-state index in [-0.39, 0.29) is 29.2 Å². The molecule has 1 aliphatic heterocycles. The van der Waals surface area contributed by atoms with E-state index in [4.69, 9.17) is 4.74 Å². The lowest BCUT2D eigenvalue weighted by atomic mass is 9.95. The lowest BCUT2D eigenvalue weighted by molar-refractivity contribution is -0.139. The molecule has 2 heterocycles. The van der Waals surface area contributed by atoms with E-state index < -0.39 is 18.4 Å². The maximum Gasteiger partial charge on any atom is 0.338 e. The van der Waals surface area contributed by atoms with Gasteiger partial charge >= 0.3 is 12.0 Å². The molecular weight excluding hydrogens is 438 g/mol. The van der Waals surface area contributed by atoms with E-state index in [1.54, 1.807) is 20.8 Å². The Morgan fingerprint density at radius 3 is 2.59 bits per heavy atom. The van der Waals surface area contributed by atoms with Crippen LogP contribution in [-0.4, -0.2) is 45.8 Å². The van der Waals surface area contributed by atoms with Crippen molar-refractivity contribution in [2.24, 2.45) is 0 Å². The third kappa shape index (κ3) is 5.24. The highest BCUT2D eigenvalue weighted by Crippen LogP contribution is 2.34. The number of ether oxygens (including phenoxy) is 1. The van der Waals surface area contributed by atoms with Gasteiger partial charge in [-0.05, 0) is 32.4 Å². The first-order valence-electron chi connectivity index (χ1n) is 10.1. The van der Waals surface area contributed by atoms with Crippen LogP contribution in [0.25, 0.3) is 0 Å². The van der Waals surface area contributed by atoms with Crippen LogP contribution in [0.3, 0.4) is 0 Å². The smallest absolute Gasteiger partial charge is 0.338 e. The van der Waals surface area contributed by atoms with Crippen molar-refractivity contribution < 1.29 is 23.1 Å². The monoisotopic (exact) mass is 462 g/mol. The molecule has 0 fully saturated rings. The molecule has 0 unspecified atom stereocenters. The maximum atomic E-state index is 13.2. The van der Waals surface area contributed by atoms with E-state index in [9.17, 15) is 18.4 Å². The van der Waals surface area contributed by atoms with Crippen LogP contribution in [0.5, 0.6) is 0 Å². The van der Waals surface area contributed by atoms with Crippen LogP contribution in [0.4, 0.5) is 13.6 Å². The minimum atomic E-state index is -2.72. The number of rotatable bonds is 8. The average molecular weight is 463 g/mol. The lowest BCUT2D eigenvalue weighted by Crippen LogP contribution is -2.49. The third-order valence-corrected chi connectivity index (χ3v) is 5.66. The molecule has 170 valence electrons. The topological polar surface area (TPSA) is 84.4 Å². The summed E-state index contributed by atoms with van der Waals surface area (Å²) in [4.78, 5) is 35.4. The van der Waals surface area contributed by atoms with Crippen molar-refractivity contribution >= 4 is 23.8 Å². The molecule has 2 amide bonds. The molecule has 1 aromatic carbocycles. The summed E-state index contributed by atoms with van der Waals surface area (Å²) >= 11 is 1.09. The number of thioether (sulfide) groups is 1. The third-order valence-electron chi connectivity index (χ3n) is 4.80. The Kier molecular flexibility index (Phi) is 7.79. The second-order valence-electron chi connectivity index (χ2n) is 6.92. The fourth-order valence-electron chi connectivity index (χ4n) is 3.41. The molecule has 10 heteroatoms. The molecule has 1 aromatic heterocycles. The van der Waals surface area contributed by atoms with Gasteiger partial charge in [0.15, 0.2) is 5.16 Å². The Morgan fingerprint density at radius 2 is 1.97 bits per heavy atom. The van der Waals surface area contributed by atoms with E-state index in [1.807, 2.05) is 30.3 Å². The summed E-state index contributed by atoms with van der Waals surface area (Å²) in [6.07, 6.45) is -2.72. The lowest BCUT2D eigenvalue weighted by Gasteiger charge is -2.36. The summed E-state index contributed by atoms with van der Waals surface area (Å²) in [6.45, 7) is 5.58. The number of amides is 2. The first-order chi connectivity index (χ1) is 15.3. The van der Waals surface area contributed by atoms with Crippen molar-refractivity contribution in [3.8, 4) is 0 Å². The molecule has 0 radical (unpaired) electrons. The number of carbonyl (C=O) groups excluding carboxylic acids is 2. The number of halogens is 2. The zero-order valence-electron chi connectivity index (χ0n) is 18.0. The van der Waals surface area contributed by atoms with Gasteiger partial charge in [0, 0.05) is 23.7 Å². The average Bonchev–Trinajstić information content (AvgIpc) is 2.77. The van der Waals surface area contributed by atoms with Gasteiger partial charge in [-0.3, -0.25) is 4.90 Å². The van der Waals surface area contributed by atoms with Crippen LogP contribution < -0.4 is 5.32 Å². The number of alkyl halides is 2. The van der Waals surface area contributed by atoms with Crippen LogP contribution in [0, 0.1) is 6.92 Å². The van der Waals surface area contributed by atoms with Gasteiger partial charge in [-0.25, -0.2) is 28.3 Å². The van der Waals surface area contributed by atoms with Gasteiger partial charge in [-0.1, -0.05) is 42.1 Å².